The van der Waals surface area contributed by atoms with Gasteiger partial charge >= 0.3 is 5.97 Å². The summed E-state index contributed by atoms with van der Waals surface area (Å²) in [6, 6.07) is 0. The lowest BCUT2D eigenvalue weighted by atomic mass is 9.84. The van der Waals surface area contributed by atoms with Gasteiger partial charge in [-0.05, 0) is 24.7 Å². The van der Waals surface area contributed by atoms with Gasteiger partial charge in [-0.25, -0.2) is 0 Å². The van der Waals surface area contributed by atoms with E-state index in [9.17, 15) is 9.90 Å². The van der Waals surface area contributed by atoms with Crippen LogP contribution >= 0.6 is 0 Å². The molecule has 0 heterocycles. The number of ether oxygens (including phenoxy) is 1. The maximum absolute atomic E-state index is 10.6. The Labute approximate surface area is 98.5 Å². The van der Waals surface area contributed by atoms with E-state index >= 15 is 0 Å². The van der Waals surface area contributed by atoms with Crippen molar-refractivity contribution in [3.63, 3.8) is 0 Å². The van der Waals surface area contributed by atoms with E-state index in [-0.39, 0.29) is 5.41 Å². The normalized spacial score (nSPS) is 14.1. The molecule has 3 heteroatoms. The average Bonchev–Trinajstić information content (AvgIpc) is 2.10. The fourth-order valence-electron chi connectivity index (χ4n) is 1.57. The van der Waals surface area contributed by atoms with Crippen LogP contribution in [0.15, 0.2) is 12.2 Å². The summed E-state index contributed by atoms with van der Waals surface area (Å²) in [6.07, 6.45) is 6.81. The van der Waals surface area contributed by atoms with Crippen molar-refractivity contribution < 1.29 is 14.6 Å². The lowest BCUT2D eigenvalue weighted by molar-refractivity contribution is -0.169. The number of aliphatic hydroxyl groups is 1. The van der Waals surface area contributed by atoms with E-state index in [4.69, 9.17) is 4.74 Å². The van der Waals surface area contributed by atoms with Crippen LogP contribution in [0.5, 0.6) is 0 Å². The minimum atomic E-state index is -0.984. The van der Waals surface area contributed by atoms with Gasteiger partial charge in [0.05, 0.1) is 0 Å². The van der Waals surface area contributed by atoms with Gasteiger partial charge in [0.2, 0.25) is 6.29 Å². The highest BCUT2D eigenvalue weighted by atomic mass is 16.6. The van der Waals surface area contributed by atoms with Crippen molar-refractivity contribution >= 4 is 5.97 Å². The van der Waals surface area contributed by atoms with Gasteiger partial charge in [-0.15, -0.1) is 0 Å². The SMILES string of the molecule is CC/C=C/CCC(C)(C)CC(O)OC(C)=O. The molecule has 0 aromatic carbocycles. The van der Waals surface area contributed by atoms with E-state index < -0.39 is 12.3 Å². The van der Waals surface area contributed by atoms with E-state index in [1.54, 1.807) is 0 Å². The van der Waals surface area contributed by atoms with Crippen molar-refractivity contribution in [2.24, 2.45) is 5.41 Å². The third kappa shape index (κ3) is 8.48. The third-order valence-electron chi connectivity index (χ3n) is 2.42. The van der Waals surface area contributed by atoms with Crippen LogP contribution in [-0.4, -0.2) is 17.4 Å². The van der Waals surface area contributed by atoms with E-state index in [0.717, 1.165) is 19.3 Å². The molecule has 0 aliphatic rings. The fraction of sp³-hybridized carbons (Fsp3) is 0.769. The number of aliphatic hydroxyl groups excluding tert-OH is 1. The Morgan fingerprint density at radius 2 is 2.06 bits per heavy atom. The molecule has 1 atom stereocenters. The second-order valence-electron chi connectivity index (χ2n) is 4.85. The number of carbonyl (C=O) groups excluding carboxylic acids is 1. The van der Waals surface area contributed by atoms with E-state index in [1.165, 1.54) is 6.92 Å². The van der Waals surface area contributed by atoms with Crippen LogP contribution in [0.1, 0.15) is 53.4 Å². The highest BCUT2D eigenvalue weighted by Gasteiger charge is 2.22. The number of esters is 1. The van der Waals surface area contributed by atoms with Gasteiger partial charge in [0.1, 0.15) is 0 Å². The summed E-state index contributed by atoms with van der Waals surface area (Å²) in [7, 11) is 0. The first-order valence-electron chi connectivity index (χ1n) is 5.87. The molecule has 94 valence electrons. The molecule has 0 fully saturated rings. The summed E-state index contributed by atoms with van der Waals surface area (Å²) in [5.41, 5.74) is -0.0209. The van der Waals surface area contributed by atoms with Gasteiger partial charge in [-0.2, -0.15) is 0 Å². The van der Waals surface area contributed by atoms with Crippen molar-refractivity contribution in [2.75, 3.05) is 0 Å². The monoisotopic (exact) mass is 228 g/mol. The zero-order valence-corrected chi connectivity index (χ0v) is 10.8. The van der Waals surface area contributed by atoms with Crippen LogP contribution in [0.25, 0.3) is 0 Å². The summed E-state index contributed by atoms with van der Waals surface area (Å²) in [6.45, 7) is 7.55. The Balaban J connectivity index is 3.93. The van der Waals surface area contributed by atoms with Gasteiger partial charge in [0.25, 0.3) is 0 Å². The highest BCUT2D eigenvalue weighted by Crippen LogP contribution is 2.28. The van der Waals surface area contributed by atoms with Crippen molar-refractivity contribution in [1.82, 2.24) is 0 Å². The second-order valence-corrected chi connectivity index (χ2v) is 4.85. The first-order valence-corrected chi connectivity index (χ1v) is 5.87. The van der Waals surface area contributed by atoms with Crippen molar-refractivity contribution in [2.45, 2.75) is 59.7 Å². The predicted molar refractivity (Wildman–Crippen MR) is 64.8 cm³/mol. The zero-order valence-electron chi connectivity index (χ0n) is 10.8. The van der Waals surface area contributed by atoms with E-state index in [2.05, 4.69) is 32.9 Å². The highest BCUT2D eigenvalue weighted by molar-refractivity contribution is 5.65. The molecule has 0 saturated carbocycles. The third-order valence-corrected chi connectivity index (χ3v) is 2.42. The Kier molecular flexibility index (Phi) is 7.06. The van der Waals surface area contributed by atoms with E-state index in [1.807, 2.05) is 0 Å². The number of allylic oxidation sites excluding steroid dienone is 2. The van der Waals surface area contributed by atoms with Gasteiger partial charge < -0.3 is 9.84 Å². The molecule has 1 N–H and O–H groups in total. The quantitative estimate of drug-likeness (QED) is 0.414. The molecule has 16 heavy (non-hydrogen) atoms. The van der Waals surface area contributed by atoms with Crippen LogP contribution < -0.4 is 0 Å². The molecular weight excluding hydrogens is 204 g/mol. The molecule has 3 nitrogen and oxygen atoms in total. The number of hydrogen-bond acceptors (Lipinski definition) is 3. The van der Waals surface area contributed by atoms with Gasteiger partial charge in [0.15, 0.2) is 0 Å². The number of rotatable bonds is 7. The van der Waals surface area contributed by atoms with Gasteiger partial charge in [0, 0.05) is 13.3 Å². The lowest BCUT2D eigenvalue weighted by Gasteiger charge is -2.26. The predicted octanol–water partition coefficient (Wildman–Crippen LogP) is 3.03. The number of carbonyl (C=O) groups is 1. The van der Waals surface area contributed by atoms with Crippen molar-refractivity contribution in [3.8, 4) is 0 Å². The second kappa shape index (κ2) is 7.44. The number of hydrogen-bond donors (Lipinski definition) is 1. The summed E-state index contributed by atoms with van der Waals surface area (Å²) in [4.78, 5) is 10.6. The first kappa shape index (κ1) is 15.2. The van der Waals surface area contributed by atoms with Crippen molar-refractivity contribution in [3.05, 3.63) is 12.2 Å². The molecule has 1 unspecified atom stereocenters. The van der Waals surface area contributed by atoms with E-state index in [0.29, 0.717) is 6.42 Å². The Hall–Kier alpha value is -0.830. The topological polar surface area (TPSA) is 46.5 Å². The maximum atomic E-state index is 10.6. The summed E-state index contributed by atoms with van der Waals surface area (Å²) in [5, 5.41) is 9.50. The van der Waals surface area contributed by atoms with Crippen LogP contribution in [-0.2, 0) is 9.53 Å². The van der Waals surface area contributed by atoms with Crippen LogP contribution in [0, 0.1) is 5.41 Å². The minimum Gasteiger partial charge on any atom is -0.436 e. The molecular formula is C13H24O3. The summed E-state index contributed by atoms with van der Waals surface area (Å²) < 4.78 is 4.71. The molecule has 0 aliphatic carbocycles. The molecule has 0 aromatic heterocycles. The van der Waals surface area contributed by atoms with Crippen LogP contribution in [0.4, 0.5) is 0 Å². The molecule has 0 bridgehead atoms. The first-order chi connectivity index (χ1) is 7.37. The summed E-state index contributed by atoms with van der Waals surface area (Å²) in [5.74, 6) is -0.436. The lowest BCUT2D eigenvalue weighted by Crippen LogP contribution is -2.24. The molecule has 0 spiro atoms. The summed E-state index contributed by atoms with van der Waals surface area (Å²) >= 11 is 0. The smallest absolute Gasteiger partial charge is 0.304 e. The van der Waals surface area contributed by atoms with Crippen LogP contribution in [0.3, 0.4) is 0 Å². The average molecular weight is 228 g/mol. The van der Waals surface area contributed by atoms with Gasteiger partial charge in [-0.3, -0.25) is 4.79 Å². The minimum absolute atomic E-state index is 0.0209. The maximum Gasteiger partial charge on any atom is 0.304 e. The Morgan fingerprint density at radius 1 is 1.44 bits per heavy atom. The fourth-order valence-corrected chi connectivity index (χ4v) is 1.57. The standard InChI is InChI=1S/C13H24O3/c1-5-6-7-8-9-13(3,4)10-12(15)16-11(2)14/h6-7,12,15H,5,8-10H2,1-4H3/b7-6+. The largest absolute Gasteiger partial charge is 0.436 e. The Bertz CT molecular complexity index is 231. The molecule has 0 aromatic rings. The van der Waals surface area contributed by atoms with Crippen LogP contribution in [0.2, 0.25) is 0 Å². The van der Waals surface area contributed by atoms with Crippen molar-refractivity contribution in [1.29, 1.82) is 0 Å². The zero-order chi connectivity index (χ0) is 12.6. The molecule has 0 rings (SSSR count). The molecule has 0 saturated heterocycles. The Morgan fingerprint density at radius 3 is 2.56 bits per heavy atom. The van der Waals surface area contributed by atoms with Gasteiger partial charge in [-0.1, -0.05) is 32.9 Å². The molecule has 0 aliphatic heterocycles. The molecule has 0 radical (unpaired) electrons. The molecule has 0 amide bonds.